The van der Waals surface area contributed by atoms with Crippen molar-refractivity contribution in [3.05, 3.63) is 169 Å². The van der Waals surface area contributed by atoms with Gasteiger partial charge in [0.05, 0.1) is 32.9 Å². The number of benzene rings is 8. The summed E-state index contributed by atoms with van der Waals surface area (Å²) >= 11 is 0. The van der Waals surface area contributed by atoms with E-state index in [-0.39, 0.29) is 43.8 Å². The normalized spacial score (nSPS) is 19.0. The summed E-state index contributed by atoms with van der Waals surface area (Å²) in [6.45, 7) is 0. The van der Waals surface area contributed by atoms with Gasteiger partial charge in [0.2, 0.25) is 0 Å². The van der Waals surface area contributed by atoms with E-state index >= 15 is 0 Å². The molecule has 0 atom stereocenters. The van der Waals surface area contributed by atoms with E-state index in [1.165, 1.54) is 24.3 Å². The van der Waals surface area contributed by atoms with Crippen LogP contribution in [-0.4, -0.2) is 0 Å². The van der Waals surface area contributed by atoms with Crippen LogP contribution in [0.15, 0.2) is 174 Å². The molecule has 0 radical (unpaired) electrons. The minimum absolute atomic E-state index is 0.0366. The highest BCUT2D eigenvalue weighted by Gasteiger charge is 2.17. The van der Waals surface area contributed by atoms with Crippen molar-refractivity contribution in [3.8, 4) is 44.5 Å². The maximum Gasteiger partial charge on any atom is 0.143 e. The fourth-order valence-corrected chi connectivity index (χ4v) is 5.49. The first-order chi connectivity index (χ1) is 32.3. The van der Waals surface area contributed by atoms with Gasteiger partial charge in [0.15, 0.2) is 0 Å². The largest absolute Gasteiger partial charge is 0.455 e. The van der Waals surface area contributed by atoms with Gasteiger partial charge >= 0.3 is 0 Å². The molecule has 0 bridgehead atoms. The molecule has 9 aromatic rings. The predicted octanol–water partition coefficient (Wildman–Crippen LogP) is 12.6. The second-order valence-electron chi connectivity index (χ2n) is 9.84. The molecule has 45 heavy (non-hydrogen) atoms. The highest BCUT2D eigenvalue weighted by molar-refractivity contribution is 6.21. The molecule has 0 fully saturated rings. The van der Waals surface area contributed by atoms with E-state index < -0.39 is 189 Å². The van der Waals surface area contributed by atoms with Crippen LogP contribution in [0, 0.1) is 0 Å². The van der Waals surface area contributed by atoms with E-state index in [1.54, 1.807) is 0 Å². The number of rotatable bonds is 4. The van der Waals surface area contributed by atoms with Crippen LogP contribution in [-0.2, 0) is 0 Å². The molecule has 9 rings (SSSR count). The fourth-order valence-electron chi connectivity index (χ4n) is 5.49. The summed E-state index contributed by atoms with van der Waals surface area (Å²) in [6, 6.07) is -12.8. The Bertz CT molecular complexity index is 3750. The highest BCUT2D eigenvalue weighted by atomic mass is 16.3. The lowest BCUT2D eigenvalue weighted by molar-refractivity contribution is 0.670. The Balaban J connectivity index is 1.44. The molecule has 0 unspecified atom stereocenters. The zero-order valence-corrected chi connectivity index (χ0v) is 22.7. The van der Waals surface area contributed by atoms with Gasteiger partial charge in [-0.2, -0.15) is 0 Å². The SMILES string of the molecule is [2H]c1c([2H])c([2H])c(-c2c([2H])c([2H])c([2H])c3c2oc2c([2H])c([2H])c(-c4cccc(-c5c6c([2H])c([2H])c([2H])c([2H])c6c(-c6c([2H])c([2H])c([2H])c([2H])c6[2H])c6c([2H])c([2H])c([2H])c([2H])c56)c4)c([2H])c23)c([2H])c1[2H]. The van der Waals surface area contributed by atoms with Gasteiger partial charge in [0.1, 0.15) is 11.2 Å². The Morgan fingerprint density at radius 2 is 0.956 bits per heavy atom. The summed E-state index contributed by atoms with van der Waals surface area (Å²) in [4.78, 5) is 0. The van der Waals surface area contributed by atoms with Crippen molar-refractivity contribution in [3.63, 3.8) is 0 Å². The summed E-state index contributed by atoms with van der Waals surface area (Å²) in [7, 11) is 0. The molecule has 1 aromatic heterocycles. The topological polar surface area (TPSA) is 13.1 Å². The lowest BCUT2D eigenvalue weighted by atomic mass is 9.85. The van der Waals surface area contributed by atoms with E-state index in [9.17, 15) is 8.22 Å². The van der Waals surface area contributed by atoms with Crippen molar-refractivity contribution in [2.45, 2.75) is 0 Å². The minimum Gasteiger partial charge on any atom is -0.455 e. The fraction of sp³-hybridized carbons (Fsp3) is 0. The molecule has 8 aromatic carbocycles. The maximum atomic E-state index is 9.57. The minimum atomic E-state index is -0.832. The van der Waals surface area contributed by atoms with Gasteiger partial charge < -0.3 is 4.42 Å². The third-order valence-corrected chi connectivity index (χ3v) is 7.38. The smallest absolute Gasteiger partial charge is 0.143 e. The molecule has 0 spiro atoms. The molecule has 0 aliphatic carbocycles. The van der Waals surface area contributed by atoms with Gasteiger partial charge in [-0.25, -0.2) is 0 Å². The summed E-state index contributed by atoms with van der Waals surface area (Å²) in [5, 5.41) is -2.37. The molecule has 1 heteroatoms. The summed E-state index contributed by atoms with van der Waals surface area (Å²) < 4.78 is 217. The molecule has 0 N–H and O–H groups in total. The lowest BCUT2D eigenvalue weighted by Crippen LogP contribution is -1.91. The van der Waals surface area contributed by atoms with Crippen LogP contribution in [0.4, 0.5) is 0 Å². The zero-order valence-electron chi connectivity index (χ0n) is 46.7. The van der Waals surface area contributed by atoms with Gasteiger partial charge in [-0.3, -0.25) is 0 Å². The first kappa shape index (κ1) is 11.2. The molecular formula is C44H28O. The van der Waals surface area contributed by atoms with Gasteiger partial charge in [0.25, 0.3) is 0 Å². The van der Waals surface area contributed by atoms with Crippen LogP contribution < -0.4 is 0 Å². The van der Waals surface area contributed by atoms with Crippen LogP contribution >= 0.6 is 0 Å². The van der Waals surface area contributed by atoms with Gasteiger partial charge in [-0.15, -0.1) is 0 Å². The first-order valence-corrected chi connectivity index (χ1v) is 13.5. The van der Waals surface area contributed by atoms with E-state index in [4.69, 9.17) is 29.1 Å². The second kappa shape index (κ2) is 10.4. The number of hydrogen-bond donors (Lipinski definition) is 0. The van der Waals surface area contributed by atoms with E-state index in [0.717, 1.165) is 0 Å². The predicted molar refractivity (Wildman–Crippen MR) is 190 cm³/mol. The lowest BCUT2D eigenvalue weighted by Gasteiger charge is -2.18. The number of hydrogen-bond acceptors (Lipinski definition) is 1. The summed E-state index contributed by atoms with van der Waals surface area (Å²) in [6.07, 6.45) is 0. The van der Waals surface area contributed by atoms with Gasteiger partial charge in [-0.1, -0.05) is 151 Å². The van der Waals surface area contributed by atoms with E-state index in [1.807, 2.05) is 0 Å². The van der Waals surface area contributed by atoms with Crippen molar-refractivity contribution in [2.24, 2.45) is 0 Å². The molecule has 0 aliphatic rings. The molecule has 1 nitrogen and oxygen atoms in total. The molecule has 0 amide bonds. The van der Waals surface area contributed by atoms with Crippen LogP contribution in [0.3, 0.4) is 0 Å². The Morgan fingerprint density at radius 1 is 0.400 bits per heavy atom. The summed E-state index contributed by atoms with van der Waals surface area (Å²) in [5.74, 6) is 0. The second-order valence-corrected chi connectivity index (χ2v) is 9.84. The summed E-state index contributed by atoms with van der Waals surface area (Å²) in [5.41, 5.74) is -3.71. The van der Waals surface area contributed by atoms with Crippen molar-refractivity contribution >= 4 is 43.5 Å². The number of furan rings is 1. The molecule has 0 saturated heterocycles. The first-order valence-electron chi connectivity index (χ1n) is 25.5. The van der Waals surface area contributed by atoms with Crippen molar-refractivity contribution in [2.75, 3.05) is 0 Å². The Morgan fingerprint density at radius 3 is 1.62 bits per heavy atom. The molecule has 1 heterocycles. The van der Waals surface area contributed by atoms with E-state index in [2.05, 4.69) is 0 Å². The zero-order chi connectivity index (χ0) is 50.6. The quantitative estimate of drug-likeness (QED) is 0.184. The average molecular weight is 597 g/mol. The average Bonchev–Trinajstić information content (AvgIpc) is 3.74. The highest BCUT2D eigenvalue weighted by Crippen LogP contribution is 2.44. The molecule has 0 saturated carbocycles. The number of para-hydroxylation sites is 1. The van der Waals surface area contributed by atoms with Gasteiger partial charge in [0, 0.05) is 16.3 Å². The monoisotopic (exact) mass is 596 g/mol. The van der Waals surface area contributed by atoms with Crippen molar-refractivity contribution < 1.29 is 37.3 Å². The molecule has 0 aliphatic heterocycles. The Kier molecular flexibility index (Phi) is 2.58. The van der Waals surface area contributed by atoms with E-state index in [0.29, 0.717) is 0 Å². The Labute approximate surface area is 295 Å². The third kappa shape index (κ3) is 4.17. The van der Waals surface area contributed by atoms with Gasteiger partial charge in [-0.05, 0) is 78.6 Å². The molecule has 210 valence electrons. The number of fused-ring (bicyclic) bond motifs is 5. The van der Waals surface area contributed by atoms with Crippen LogP contribution in [0.1, 0.15) is 32.9 Å². The Hall–Kier alpha value is -5.92. The molecular weight excluding hydrogens is 544 g/mol. The van der Waals surface area contributed by atoms with Crippen molar-refractivity contribution in [1.29, 1.82) is 0 Å². The van der Waals surface area contributed by atoms with Crippen LogP contribution in [0.2, 0.25) is 0 Å². The van der Waals surface area contributed by atoms with Crippen molar-refractivity contribution in [1.82, 2.24) is 0 Å². The van der Waals surface area contributed by atoms with Crippen LogP contribution in [0.25, 0.3) is 88.0 Å². The third-order valence-electron chi connectivity index (χ3n) is 7.38. The maximum absolute atomic E-state index is 9.57. The standard InChI is InChI=1S/C44H28O/c1-3-13-29(14-4-1)34-23-12-24-39-40-28-32(25-26-41(40)45-44(34)39)31-17-11-18-33(27-31)43-37-21-9-7-19-35(37)42(30-15-5-2-6-16-30)36-20-8-10-22-38(36)43/h1-28H/i1D,2D,3D,4D,5D,6D,7D,8D,9D,10D,12D,13D,14D,15D,16D,19D,20D,21D,22D,23D,24D,25D,26D,28D. The van der Waals surface area contributed by atoms with Crippen LogP contribution in [0.5, 0.6) is 0 Å².